The lowest BCUT2D eigenvalue weighted by Crippen LogP contribution is -2.05. The first-order chi connectivity index (χ1) is 9.56. The Kier molecular flexibility index (Phi) is 3.03. The molecule has 0 fully saturated rings. The van der Waals surface area contributed by atoms with E-state index in [1.54, 1.807) is 23.5 Å². The van der Waals surface area contributed by atoms with E-state index < -0.39 is 0 Å². The number of aryl methyl sites for hydroxylation is 1. The van der Waals surface area contributed by atoms with E-state index in [-0.39, 0.29) is 11.4 Å². The molecule has 3 aromatic rings. The van der Waals surface area contributed by atoms with Crippen molar-refractivity contribution >= 4 is 37.5 Å². The summed E-state index contributed by atoms with van der Waals surface area (Å²) in [6.45, 7) is 3.26. The molecule has 0 unspecified atom stereocenters. The highest BCUT2D eigenvalue weighted by Crippen LogP contribution is 2.30. The standard InChI is InChI=1S/C16H12O3S/c1-9-7-11(19-10(2)17)8-13-15(18)12-5-3-4-6-14(12)20-16(9)13/h3-8H,1-2H3. The number of ether oxygens (including phenoxy) is 1. The number of benzene rings is 2. The molecule has 4 heteroatoms. The van der Waals surface area contributed by atoms with Crippen LogP contribution in [0, 0.1) is 6.92 Å². The fourth-order valence-corrected chi connectivity index (χ4v) is 3.39. The SMILES string of the molecule is CC(=O)Oc1cc(C)c2sc3ccccc3c(=O)c2c1. The monoisotopic (exact) mass is 284 g/mol. The second kappa shape index (κ2) is 4.72. The molecular weight excluding hydrogens is 272 g/mol. The lowest BCUT2D eigenvalue weighted by Gasteiger charge is -2.07. The predicted octanol–water partition coefficient (Wildman–Crippen LogP) is 3.65. The van der Waals surface area contributed by atoms with Crippen LogP contribution in [0.3, 0.4) is 0 Å². The number of hydrogen-bond donors (Lipinski definition) is 0. The molecule has 0 aliphatic heterocycles. The molecule has 2 aromatic carbocycles. The van der Waals surface area contributed by atoms with Gasteiger partial charge in [0.25, 0.3) is 0 Å². The topological polar surface area (TPSA) is 43.4 Å². The highest BCUT2D eigenvalue weighted by atomic mass is 32.1. The molecule has 0 aliphatic carbocycles. The lowest BCUT2D eigenvalue weighted by molar-refractivity contribution is -0.131. The minimum atomic E-state index is -0.388. The van der Waals surface area contributed by atoms with Crippen LogP contribution >= 0.6 is 11.3 Å². The zero-order chi connectivity index (χ0) is 14.3. The molecule has 1 heterocycles. The maximum atomic E-state index is 12.5. The van der Waals surface area contributed by atoms with Gasteiger partial charge in [-0.15, -0.1) is 11.3 Å². The van der Waals surface area contributed by atoms with Gasteiger partial charge in [-0.25, -0.2) is 0 Å². The van der Waals surface area contributed by atoms with E-state index in [2.05, 4.69) is 0 Å². The quantitative estimate of drug-likeness (QED) is 0.389. The minimum Gasteiger partial charge on any atom is -0.427 e. The highest BCUT2D eigenvalue weighted by molar-refractivity contribution is 7.24. The summed E-state index contributed by atoms with van der Waals surface area (Å²) in [6, 6.07) is 11.0. The van der Waals surface area contributed by atoms with Crippen LogP contribution in [0.2, 0.25) is 0 Å². The molecule has 100 valence electrons. The summed E-state index contributed by atoms with van der Waals surface area (Å²) in [6.07, 6.45) is 0. The second-order valence-corrected chi connectivity index (χ2v) is 5.69. The summed E-state index contributed by atoms with van der Waals surface area (Å²) < 4.78 is 7.00. The Hall–Kier alpha value is -2.20. The van der Waals surface area contributed by atoms with Crippen LogP contribution in [0.5, 0.6) is 5.75 Å². The van der Waals surface area contributed by atoms with Gasteiger partial charge in [-0.2, -0.15) is 0 Å². The smallest absolute Gasteiger partial charge is 0.308 e. The van der Waals surface area contributed by atoms with Crippen LogP contribution in [0.4, 0.5) is 0 Å². The van der Waals surface area contributed by atoms with Crippen molar-refractivity contribution in [3.8, 4) is 5.75 Å². The van der Waals surface area contributed by atoms with Gasteiger partial charge < -0.3 is 4.74 Å². The van der Waals surface area contributed by atoms with Gasteiger partial charge in [-0.1, -0.05) is 12.1 Å². The summed E-state index contributed by atoms with van der Waals surface area (Å²) in [7, 11) is 0. The van der Waals surface area contributed by atoms with Crippen molar-refractivity contribution in [2.24, 2.45) is 0 Å². The molecule has 3 rings (SSSR count). The van der Waals surface area contributed by atoms with Crippen LogP contribution in [0.1, 0.15) is 12.5 Å². The number of hydrogen-bond acceptors (Lipinski definition) is 4. The molecule has 0 radical (unpaired) electrons. The second-order valence-electron chi connectivity index (χ2n) is 4.64. The van der Waals surface area contributed by atoms with Crippen molar-refractivity contribution in [1.29, 1.82) is 0 Å². The van der Waals surface area contributed by atoms with E-state index in [9.17, 15) is 9.59 Å². The van der Waals surface area contributed by atoms with E-state index >= 15 is 0 Å². The molecular formula is C16H12O3S. The molecule has 0 atom stereocenters. The van der Waals surface area contributed by atoms with Gasteiger partial charge in [0.15, 0.2) is 5.43 Å². The maximum Gasteiger partial charge on any atom is 0.308 e. The van der Waals surface area contributed by atoms with Gasteiger partial charge in [-0.05, 0) is 36.8 Å². The molecule has 0 amide bonds. The van der Waals surface area contributed by atoms with Crippen molar-refractivity contribution in [2.75, 3.05) is 0 Å². The molecule has 0 bridgehead atoms. The Balaban J connectivity index is 2.40. The Labute approximate surface area is 119 Å². The van der Waals surface area contributed by atoms with Crippen LogP contribution in [-0.4, -0.2) is 5.97 Å². The van der Waals surface area contributed by atoms with Crippen molar-refractivity contribution in [3.05, 3.63) is 52.2 Å². The van der Waals surface area contributed by atoms with Crippen molar-refractivity contribution in [3.63, 3.8) is 0 Å². The summed E-state index contributed by atoms with van der Waals surface area (Å²) >= 11 is 1.58. The van der Waals surface area contributed by atoms with Crippen LogP contribution in [0.15, 0.2) is 41.2 Å². The average Bonchev–Trinajstić information content (AvgIpc) is 2.40. The number of rotatable bonds is 1. The maximum absolute atomic E-state index is 12.5. The predicted molar refractivity (Wildman–Crippen MR) is 81.6 cm³/mol. The fraction of sp³-hybridized carbons (Fsp3) is 0.125. The third kappa shape index (κ3) is 2.08. The van der Waals surface area contributed by atoms with Gasteiger partial charge in [0, 0.05) is 27.1 Å². The van der Waals surface area contributed by atoms with Crippen molar-refractivity contribution in [1.82, 2.24) is 0 Å². The molecule has 20 heavy (non-hydrogen) atoms. The molecule has 1 aromatic heterocycles. The summed E-state index contributed by atoms with van der Waals surface area (Å²) in [5, 5.41) is 1.30. The van der Waals surface area contributed by atoms with Crippen molar-refractivity contribution in [2.45, 2.75) is 13.8 Å². The Morgan fingerprint density at radius 1 is 1.15 bits per heavy atom. The third-order valence-electron chi connectivity index (χ3n) is 3.10. The van der Waals surface area contributed by atoms with Gasteiger partial charge in [0.2, 0.25) is 0 Å². The molecule has 0 N–H and O–H groups in total. The summed E-state index contributed by atoms with van der Waals surface area (Å²) in [4.78, 5) is 23.6. The fourth-order valence-electron chi connectivity index (χ4n) is 2.27. The van der Waals surface area contributed by atoms with E-state index in [1.165, 1.54) is 6.92 Å². The first-order valence-electron chi connectivity index (χ1n) is 6.21. The van der Waals surface area contributed by atoms with Crippen LogP contribution in [0.25, 0.3) is 20.2 Å². The van der Waals surface area contributed by atoms with E-state index in [4.69, 9.17) is 4.74 Å². The third-order valence-corrected chi connectivity index (χ3v) is 4.42. The number of fused-ring (bicyclic) bond motifs is 2. The van der Waals surface area contributed by atoms with E-state index in [0.29, 0.717) is 16.5 Å². The van der Waals surface area contributed by atoms with Crippen LogP contribution < -0.4 is 10.2 Å². The first kappa shape index (κ1) is 12.8. The van der Waals surface area contributed by atoms with Gasteiger partial charge in [-0.3, -0.25) is 9.59 Å². The molecule has 0 saturated heterocycles. The summed E-state index contributed by atoms with van der Waals surface area (Å²) in [5.41, 5.74) is 0.915. The largest absolute Gasteiger partial charge is 0.427 e. The van der Waals surface area contributed by atoms with Crippen molar-refractivity contribution < 1.29 is 9.53 Å². The first-order valence-corrected chi connectivity index (χ1v) is 7.02. The summed E-state index contributed by atoms with van der Waals surface area (Å²) in [5.74, 6) is 0.0303. The number of carbonyl (C=O) groups excluding carboxylic acids is 1. The van der Waals surface area contributed by atoms with E-state index in [1.807, 2.05) is 31.2 Å². The van der Waals surface area contributed by atoms with E-state index in [0.717, 1.165) is 15.0 Å². The molecule has 0 spiro atoms. The number of esters is 1. The van der Waals surface area contributed by atoms with Crippen LogP contribution in [-0.2, 0) is 4.79 Å². The normalized spacial score (nSPS) is 10.9. The highest BCUT2D eigenvalue weighted by Gasteiger charge is 2.10. The molecule has 0 aliphatic rings. The zero-order valence-corrected chi connectivity index (χ0v) is 11.9. The average molecular weight is 284 g/mol. The molecule has 3 nitrogen and oxygen atoms in total. The molecule has 0 saturated carbocycles. The minimum absolute atomic E-state index is 0.0218. The Bertz CT molecular complexity index is 893. The lowest BCUT2D eigenvalue weighted by atomic mass is 10.1. The van der Waals surface area contributed by atoms with Gasteiger partial charge in [0.1, 0.15) is 5.75 Å². The van der Waals surface area contributed by atoms with Gasteiger partial charge >= 0.3 is 5.97 Å². The van der Waals surface area contributed by atoms with Gasteiger partial charge in [0.05, 0.1) is 0 Å². The Morgan fingerprint density at radius 3 is 2.65 bits per heavy atom. The zero-order valence-electron chi connectivity index (χ0n) is 11.1. The Morgan fingerprint density at radius 2 is 1.90 bits per heavy atom. The number of carbonyl (C=O) groups is 1.